The summed E-state index contributed by atoms with van der Waals surface area (Å²) in [5.41, 5.74) is 2.95. The molecular weight excluding hydrogens is 251 g/mol. The molecule has 0 fully saturated rings. The molecular formula is C20H19B. The van der Waals surface area contributed by atoms with Gasteiger partial charge in [0.2, 0.25) is 0 Å². The molecule has 0 spiro atoms. The lowest BCUT2D eigenvalue weighted by Gasteiger charge is -2.21. The van der Waals surface area contributed by atoms with E-state index in [1.807, 2.05) is 0 Å². The molecule has 0 radical (unpaired) electrons. The first-order valence-electron chi connectivity index (χ1n) is 7.64. The minimum absolute atomic E-state index is 0.181. The fourth-order valence-electron chi connectivity index (χ4n) is 3.40. The average Bonchev–Trinajstić information content (AvgIpc) is 2.45. The van der Waals surface area contributed by atoms with Crippen LogP contribution in [-0.4, -0.2) is 7.85 Å². The minimum atomic E-state index is 0.181. The summed E-state index contributed by atoms with van der Waals surface area (Å²) in [6.45, 7) is 6.85. The maximum atomic E-state index is 2.36. The van der Waals surface area contributed by atoms with E-state index in [9.17, 15) is 0 Å². The van der Waals surface area contributed by atoms with Crippen molar-refractivity contribution in [2.75, 3.05) is 0 Å². The topological polar surface area (TPSA) is 0 Å². The molecule has 0 saturated carbocycles. The Balaban J connectivity index is 2.26. The second-order valence-electron chi connectivity index (χ2n) is 7.21. The Labute approximate surface area is 126 Å². The van der Waals surface area contributed by atoms with Crippen LogP contribution in [0.4, 0.5) is 0 Å². The first kappa shape index (κ1) is 12.7. The van der Waals surface area contributed by atoms with Crippen molar-refractivity contribution in [2.45, 2.75) is 26.2 Å². The molecule has 4 aromatic carbocycles. The maximum Gasteiger partial charge on any atom is 0.140 e. The monoisotopic (exact) mass is 270 g/mol. The lowest BCUT2D eigenvalue weighted by atomic mass is 9.81. The Hall–Kier alpha value is -2.02. The summed E-state index contributed by atoms with van der Waals surface area (Å²) in [6, 6.07) is 18.3. The average molecular weight is 270 g/mol. The van der Waals surface area contributed by atoms with Crippen molar-refractivity contribution in [3.05, 3.63) is 54.1 Å². The summed E-state index contributed by atoms with van der Waals surface area (Å²) in [5, 5.41) is 8.29. The van der Waals surface area contributed by atoms with Crippen molar-refractivity contribution in [1.29, 1.82) is 0 Å². The number of benzene rings is 4. The van der Waals surface area contributed by atoms with Crippen LogP contribution >= 0.6 is 0 Å². The SMILES string of the molecule is Bc1ccc2ccc3cc(C(C)(C)C)cc4ccc1c2c34. The number of rotatable bonds is 0. The van der Waals surface area contributed by atoms with Crippen molar-refractivity contribution in [3.8, 4) is 0 Å². The lowest BCUT2D eigenvalue weighted by molar-refractivity contribution is 0.591. The highest BCUT2D eigenvalue weighted by Crippen LogP contribution is 2.36. The number of hydrogen-bond donors (Lipinski definition) is 0. The summed E-state index contributed by atoms with van der Waals surface area (Å²) < 4.78 is 0. The first-order chi connectivity index (χ1) is 9.95. The molecule has 0 unspecified atom stereocenters. The fourth-order valence-corrected chi connectivity index (χ4v) is 3.40. The van der Waals surface area contributed by atoms with Crippen LogP contribution in [0.3, 0.4) is 0 Å². The quantitative estimate of drug-likeness (QED) is 0.333. The van der Waals surface area contributed by atoms with Gasteiger partial charge in [-0.3, -0.25) is 0 Å². The van der Waals surface area contributed by atoms with Crippen LogP contribution in [0.15, 0.2) is 48.5 Å². The Morgan fingerprint density at radius 2 is 1.29 bits per heavy atom. The molecule has 0 aromatic heterocycles. The Morgan fingerprint density at radius 3 is 1.95 bits per heavy atom. The third kappa shape index (κ3) is 1.77. The van der Waals surface area contributed by atoms with Gasteiger partial charge in [-0.15, -0.1) is 0 Å². The van der Waals surface area contributed by atoms with Crippen molar-refractivity contribution in [2.24, 2.45) is 0 Å². The first-order valence-corrected chi connectivity index (χ1v) is 7.64. The highest BCUT2D eigenvalue weighted by molar-refractivity contribution is 6.42. The predicted molar refractivity (Wildman–Crippen MR) is 97.0 cm³/mol. The normalized spacial score (nSPS) is 12.7. The van der Waals surface area contributed by atoms with E-state index >= 15 is 0 Å². The molecule has 0 atom stereocenters. The fraction of sp³-hybridized carbons (Fsp3) is 0.200. The van der Waals surface area contributed by atoms with Gasteiger partial charge < -0.3 is 0 Å². The summed E-state index contributed by atoms with van der Waals surface area (Å²) in [7, 11) is 2.20. The van der Waals surface area contributed by atoms with Crippen molar-refractivity contribution in [1.82, 2.24) is 0 Å². The van der Waals surface area contributed by atoms with Crippen LogP contribution in [0.5, 0.6) is 0 Å². The smallest absolute Gasteiger partial charge is 0.0812 e. The molecule has 21 heavy (non-hydrogen) atoms. The van der Waals surface area contributed by atoms with Crippen molar-refractivity contribution >= 4 is 45.6 Å². The third-order valence-electron chi connectivity index (χ3n) is 4.68. The molecule has 4 aromatic rings. The molecule has 0 heterocycles. The number of hydrogen-bond acceptors (Lipinski definition) is 0. The second kappa shape index (κ2) is 4.01. The summed E-state index contributed by atoms with van der Waals surface area (Å²) in [5.74, 6) is 0. The Morgan fingerprint density at radius 1 is 0.714 bits per heavy atom. The van der Waals surface area contributed by atoms with E-state index in [-0.39, 0.29) is 5.41 Å². The highest BCUT2D eigenvalue weighted by atomic mass is 14.2. The van der Waals surface area contributed by atoms with Crippen molar-refractivity contribution < 1.29 is 0 Å². The molecule has 0 aliphatic rings. The molecule has 0 aliphatic carbocycles. The lowest BCUT2D eigenvalue weighted by Crippen LogP contribution is -2.11. The summed E-state index contributed by atoms with van der Waals surface area (Å²) in [6.07, 6.45) is 0. The molecule has 0 nitrogen and oxygen atoms in total. The Bertz CT molecular complexity index is 955. The predicted octanol–water partition coefficient (Wildman–Crippen LogP) is 4.14. The molecule has 0 bridgehead atoms. The van der Waals surface area contributed by atoms with E-state index in [0.29, 0.717) is 0 Å². The Kier molecular flexibility index (Phi) is 2.42. The van der Waals surface area contributed by atoms with Crippen molar-refractivity contribution in [3.63, 3.8) is 0 Å². The third-order valence-corrected chi connectivity index (χ3v) is 4.68. The van der Waals surface area contributed by atoms with Gasteiger partial charge >= 0.3 is 0 Å². The van der Waals surface area contributed by atoms with Gasteiger partial charge in [0.1, 0.15) is 7.85 Å². The molecule has 0 amide bonds. The van der Waals surface area contributed by atoms with E-state index in [1.54, 1.807) is 0 Å². The molecule has 1 heteroatoms. The van der Waals surface area contributed by atoms with E-state index in [0.717, 1.165) is 0 Å². The van der Waals surface area contributed by atoms with E-state index in [1.165, 1.54) is 43.3 Å². The van der Waals surface area contributed by atoms with E-state index in [2.05, 4.69) is 77.1 Å². The second-order valence-corrected chi connectivity index (χ2v) is 7.21. The van der Waals surface area contributed by atoms with Gasteiger partial charge in [-0.1, -0.05) is 74.8 Å². The van der Waals surface area contributed by atoms with E-state index in [4.69, 9.17) is 0 Å². The van der Waals surface area contributed by atoms with Gasteiger partial charge in [0.15, 0.2) is 0 Å². The zero-order valence-corrected chi connectivity index (χ0v) is 13.1. The van der Waals surface area contributed by atoms with Gasteiger partial charge in [-0.25, -0.2) is 0 Å². The highest BCUT2D eigenvalue weighted by Gasteiger charge is 2.17. The van der Waals surface area contributed by atoms with Gasteiger partial charge in [0.25, 0.3) is 0 Å². The van der Waals surface area contributed by atoms with Gasteiger partial charge in [0, 0.05) is 0 Å². The van der Waals surface area contributed by atoms with Crippen LogP contribution in [0.1, 0.15) is 26.3 Å². The zero-order valence-electron chi connectivity index (χ0n) is 13.1. The van der Waals surface area contributed by atoms with Crippen LogP contribution in [0.25, 0.3) is 32.3 Å². The molecule has 0 aliphatic heterocycles. The minimum Gasteiger partial charge on any atom is -0.0812 e. The van der Waals surface area contributed by atoms with Crippen LogP contribution in [0, 0.1) is 0 Å². The zero-order chi connectivity index (χ0) is 14.8. The molecule has 0 N–H and O–H groups in total. The van der Waals surface area contributed by atoms with Crippen LogP contribution in [0.2, 0.25) is 0 Å². The molecule has 102 valence electrons. The molecule has 4 rings (SSSR count). The standard InChI is InChI=1S/C20H19B/c1-20(2,3)15-10-13-5-4-12-7-9-17(21)16-8-6-14(11-15)18(13)19(12)16/h4-11H,21H2,1-3H3. The van der Waals surface area contributed by atoms with Gasteiger partial charge in [0.05, 0.1) is 0 Å². The van der Waals surface area contributed by atoms with Gasteiger partial charge in [-0.05, 0) is 43.3 Å². The van der Waals surface area contributed by atoms with E-state index < -0.39 is 0 Å². The summed E-state index contributed by atoms with van der Waals surface area (Å²) >= 11 is 0. The summed E-state index contributed by atoms with van der Waals surface area (Å²) in [4.78, 5) is 0. The van der Waals surface area contributed by atoms with Crippen LogP contribution < -0.4 is 5.46 Å². The van der Waals surface area contributed by atoms with Gasteiger partial charge in [-0.2, -0.15) is 0 Å². The van der Waals surface area contributed by atoms with Crippen LogP contribution in [-0.2, 0) is 5.41 Å². The maximum absolute atomic E-state index is 2.36. The largest absolute Gasteiger partial charge is 0.140 e. The molecule has 0 saturated heterocycles.